The van der Waals surface area contributed by atoms with E-state index >= 15 is 0 Å². The molecule has 0 atom stereocenters. The zero-order valence-corrected chi connectivity index (χ0v) is 11.8. The summed E-state index contributed by atoms with van der Waals surface area (Å²) >= 11 is 1.54. The van der Waals surface area contributed by atoms with Crippen LogP contribution in [-0.4, -0.2) is 5.91 Å². The maximum absolute atomic E-state index is 11.3. The summed E-state index contributed by atoms with van der Waals surface area (Å²) in [6.45, 7) is 4.15. The van der Waals surface area contributed by atoms with Gasteiger partial charge in [0.15, 0.2) is 0 Å². The summed E-state index contributed by atoms with van der Waals surface area (Å²) in [7, 11) is 0. The molecule has 0 radical (unpaired) electrons. The number of hydrogen-bond acceptors (Lipinski definition) is 3. The average molecular weight is 272 g/mol. The molecule has 3 nitrogen and oxygen atoms in total. The number of rotatable bonds is 3. The first-order valence-corrected chi connectivity index (χ1v) is 6.74. The molecule has 4 heteroatoms. The van der Waals surface area contributed by atoms with Gasteiger partial charge >= 0.3 is 0 Å². The highest BCUT2D eigenvalue weighted by atomic mass is 32.2. The second-order valence-electron chi connectivity index (χ2n) is 4.43. The Labute approximate surface area is 117 Å². The van der Waals surface area contributed by atoms with Gasteiger partial charge in [0.25, 0.3) is 5.91 Å². The molecule has 0 saturated heterocycles. The van der Waals surface area contributed by atoms with E-state index in [9.17, 15) is 4.79 Å². The fourth-order valence-electron chi connectivity index (χ4n) is 1.75. The van der Waals surface area contributed by atoms with E-state index in [0.717, 1.165) is 9.79 Å². The zero-order valence-electron chi connectivity index (χ0n) is 10.9. The quantitative estimate of drug-likeness (QED) is 0.843. The molecular weight excluding hydrogens is 256 g/mol. The standard InChI is InChI=1S/C15H16N2OS/c1-9-6-7-11(8-10(9)2)19-13-5-3-4-12(14(13)16)15(17)18/h3-8H,16H2,1-2H3,(H2,17,18). The van der Waals surface area contributed by atoms with E-state index in [1.165, 1.54) is 22.9 Å². The Hall–Kier alpha value is -1.94. The van der Waals surface area contributed by atoms with Crippen molar-refractivity contribution in [3.8, 4) is 0 Å². The molecule has 2 aromatic rings. The first-order chi connectivity index (χ1) is 8.99. The number of para-hydroxylation sites is 1. The molecule has 0 spiro atoms. The van der Waals surface area contributed by atoms with Gasteiger partial charge in [-0.1, -0.05) is 23.9 Å². The van der Waals surface area contributed by atoms with E-state index in [0.29, 0.717) is 11.3 Å². The molecule has 98 valence electrons. The lowest BCUT2D eigenvalue weighted by molar-refractivity contribution is 0.100. The normalized spacial score (nSPS) is 10.4. The molecule has 2 aromatic carbocycles. The van der Waals surface area contributed by atoms with E-state index in [1.807, 2.05) is 12.1 Å². The summed E-state index contributed by atoms with van der Waals surface area (Å²) in [5, 5.41) is 0. The van der Waals surface area contributed by atoms with Crippen LogP contribution >= 0.6 is 11.8 Å². The highest BCUT2D eigenvalue weighted by Crippen LogP contribution is 2.34. The topological polar surface area (TPSA) is 69.1 Å². The first-order valence-electron chi connectivity index (χ1n) is 5.92. The molecule has 19 heavy (non-hydrogen) atoms. The number of hydrogen-bond donors (Lipinski definition) is 2. The van der Waals surface area contributed by atoms with Gasteiger partial charge in [-0.3, -0.25) is 4.79 Å². The minimum Gasteiger partial charge on any atom is -0.397 e. The van der Waals surface area contributed by atoms with Gasteiger partial charge in [0, 0.05) is 9.79 Å². The van der Waals surface area contributed by atoms with Crippen molar-refractivity contribution in [2.24, 2.45) is 5.73 Å². The molecule has 0 aliphatic carbocycles. The Morgan fingerprint density at radius 2 is 1.84 bits per heavy atom. The van der Waals surface area contributed by atoms with Crippen LogP contribution in [0.3, 0.4) is 0 Å². The van der Waals surface area contributed by atoms with Crippen molar-refractivity contribution in [3.05, 3.63) is 53.1 Å². The molecule has 0 fully saturated rings. The number of carbonyl (C=O) groups excluding carboxylic acids is 1. The van der Waals surface area contributed by atoms with E-state index in [1.54, 1.807) is 12.1 Å². The van der Waals surface area contributed by atoms with Crippen molar-refractivity contribution in [1.29, 1.82) is 0 Å². The number of nitrogens with two attached hydrogens (primary N) is 2. The summed E-state index contributed by atoms with van der Waals surface area (Å²) < 4.78 is 0. The molecule has 0 unspecified atom stereocenters. The molecule has 4 N–H and O–H groups in total. The van der Waals surface area contributed by atoms with Crippen LogP contribution < -0.4 is 11.5 Å². The summed E-state index contributed by atoms with van der Waals surface area (Å²) in [5.74, 6) is -0.500. The highest BCUT2D eigenvalue weighted by Gasteiger charge is 2.10. The molecule has 0 bridgehead atoms. The zero-order chi connectivity index (χ0) is 14.0. The molecule has 0 aliphatic heterocycles. The van der Waals surface area contributed by atoms with Crippen molar-refractivity contribution in [2.45, 2.75) is 23.6 Å². The minimum atomic E-state index is -0.500. The number of primary amides is 1. The molecule has 1 amide bonds. The smallest absolute Gasteiger partial charge is 0.250 e. The van der Waals surface area contributed by atoms with Gasteiger partial charge in [0.1, 0.15) is 0 Å². The lowest BCUT2D eigenvalue weighted by Crippen LogP contribution is -2.13. The Kier molecular flexibility index (Phi) is 3.81. The molecule has 0 saturated carbocycles. The fraction of sp³-hybridized carbons (Fsp3) is 0.133. The summed E-state index contributed by atoms with van der Waals surface area (Å²) in [4.78, 5) is 13.2. The first kappa shape index (κ1) is 13.5. The molecule has 0 aliphatic rings. The van der Waals surface area contributed by atoms with Gasteiger partial charge in [-0.05, 0) is 49.2 Å². The van der Waals surface area contributed by atoms with E-state index < -0.39 is 5.91 Å². The fourth-order valence-corrected chi connectivity index (χ4v) is 2.74. The highest BCUT2D eigenvalue weighted by molar-refractivity contribution is 7.99. The van der Waals surface area contributed by atoms with Gasteiger partial charge in [0.05, 0.1) is 11.3 Å². The van der Waals surface area contributed by atoms with E-state index in [-0.39, 0.29) is 0 Å². The number of amides is 1. The average Bonchev–Trinajstić information content (AvgIpc) is 2.36. The van der Waals surface area contributed by atoms with Crippen LogP contribution in [0.2, 0.25) is 0 Å². The number of nitrogen functional groups attached to an aromatic ring is 1. The Morgan fingerprint density at radius 3 is 2.47 bits per heavy atom. The lowest BCUT2D eigenvalue weighted by Gasteiger charge is -2.09. The van der Waals surface area contributed by atoms with Crippen molar-refractivity contribution in [2.75, 3.05) is 5.73 Å². The van der Waals surface area contributed by atoms with Gasteiger partial charge in [-0.2, -0.15) is 0 Å². The molecular formula is C15H16N2OS. The second-order valence-corrected chi connectivity index (χ2v) is 5.55. The predicted octanol–water partition coefficient (Wildman–Crippen LogP) is 3.14. The summed E-state index contributed by atoms with van der Waals surface area (Å²) in [6.07, 6.45) is 0. The number of anilines is 1. The summed E-state index contributed by atoms with van der Waals surface area (Å²) in [5.41, 5.74) is 14.6. The SMILES string of the molecule is Cc1ccc(Sc2cccc(C(N)=O)c2N)cc1C. The summed E-state index contributed by atoms with van der Waals surface area (Å²) in [6, 6.07) is 11.6. The van der Waals surface area contributed by atoms with Gasteiger partial charge in [-0.15, -0.1) is 0 Å². The third kappa shape index (κ3) is 2.90. The molecule has 2 rings (SSSR count). The van der Waals surface area contributed by atoms with Crippen LogP contribution in [-0.2, 0) is 0 Å². The van der Waals surface area contributed by atoms with Crippen LogP contribution in [0.1, 0.15) is 21.5 Å². The largest absolute Gasteiger partial charge is 0.397 e. The van der Waals surface area contributed by atoms with Crippen LogP contribution in [0.5, 0.6) is 0 Å². The van der Waals surface area contributed by atoms with Crippen molar-refractivity contribution in [1.82, 2.24) is 0 Å². The third-order valence-electron chi connectivity index (χ3n) is 3.04. The van der Waals surface area contributed by atoms with Crippen LogP contribution in [0, 0.1) is 13.8 Å². The van der Waals surface area contributed by atoms with Gasteiger partial charge < -0.3 is 11.5 Å². The van der Waals surface area contributed by atoms with Crippen molar-refractivity contribution < 1.29 is 4.79 Å². The third-order valence-corrected chi connectivity index (χ3v) is 4.10. The Morgan fingerprint density at radius 1 is 1.11 bits per heavy atom. The van der Waals surface area contributed by atoms with E-state index in [4.69, 9.17) is 11.5 Å². The van der Waals surface area contributed by atoms with Crippen LogP contribution in [0.25, 0.3) is 0 Å². The lowest BCUT2D eigenvalue weighted by atomic mass is 10.1. The number of carbonyl (C=O) groups is 1. The van der Waals surface area contributed by atoms with Crippen LogP contribution in [0.4, 0.5) is 5.69 Å². The van der Waals surface area contributed by atoms with Gasteiger partial charge in [0.2, 0.25) is 0 Å². The van der Waals surface area contributed by atoms with Gasteiger partial charge in [-0.25, -0.2) is 0 Å². The maximum Gasteiger partial charge on any atom is 0.250 e. The van der Waals surface area contributed by atoms with Crippen molar-refractivity contribution >= 4 is 23.4 Å². The predicted molar refractivity (Wildman–Crippen MR) is 79.4 cm³/mol. The Bertz CT molecular complexity index is 638. The number of aryl methyl sites for hydroxylation is 2. The Balaban J connectivity index is 2.35. The minimum absolute atomic E-state index is 0.369. The van der Waals surface area contributed by atoms with Crippen molar-refractivity contribution in [3.63, 3.8) is 0 Å². The number of benzene rings is 2. The maximum atomic E-state index is 11.3. The molecule has 0 heterocycles. The van der Waals surface area contributed by atoms with Crippen LogP contribution in [0.15, 0.2) is 46.2 Å². The monoisotopic (exact) mass is 272 g/mol. The van der Waals surface area contributed by atoms with E-state index in [2.05, 4.69) is 26.0 Å². The second kappa shape index (κ2) is 5.36. The molecule has 0 aromatic heterocycles.